The molecule has 2 saturated heterocycles. The first-order valence-electron chi connectivity index (χ1n) is 10.9. The van der Waals surface area contributed by atoms with E-state index in [1.54, 1.807) is 13.8 Å². The Morgan fingerprint density at radius 2 is 1.48 bits per heavy atom. The highest BCUT2D eigenvalue weighted by Crippen LogP contribution is 2.34. The Labute approximate surface area is 199 Å². The number of hydrogen-bond acceptors (Lipinski definition) is 13. The Kier molecular flexibility index (Phi) is 10.3. The molecule has 15 atom stereocenters. The van der Waals surface area contributed by atoms with E-state index in [0.717, 1.165) is 0 Å². The predicted octanol–water partition coefficient (Wildman–Crippen LogP) is -4.84. The van der Waals surface area contributed by atoms with Gasteiger partial charge in [-0.05, 0) is 19.3 Å². The maximum atomic E-state index is 10.8. The molecule has 196 valence electrons. The average molecular weight is 502 g/mol. The van der Waals surface area contributed by atoms with Gasteiger partial charge in [0.1, 0.15) is 48.8 Å². The Balaban J connectivity index is 0.00000385. The van der Waals surface area contributed by atoms with Gasteiger partial charge in [0.05, 0.1) is 18.8 Å². The van der Waals surface area contributed by atoms with Gasteiger partial charge in [-0.3, -0.25) is 0 Å². The number of aliphatic hydroxyl groups excluding tert-OH is 6. The zero-order valence-electron chi connectivity index (χ0n) is 18.6. The van der Waals surface area contributed by atoms with Crippen molar-refractivity contribution in [3.63, 3.8) is 0 Å². The first-order chi connectivity index (χ1) is 15.0. The third-order valence-corrected chi connectivity index (χ3v) is 6.60. The molecule has 1 saturated carbocycles. The fourth-order valence-electron chi connectivity index (χ4n) is 4.56. The minimum Gasteiger partial charge on any atom is -0.394 e. The molecular formula is C19H39N3O10S. The Hall–Kier alpha value is -0.170. The largest absolute Gasteiger partial charge is 0.394 e. The lowest BCUT2D eigenvalue weighted by Crippen LogP contribution is -2.66. The second kappa shape index (κ2) is 11.7. The molecule has 0 aromatic rings. The second-order valence-corrected chi connectivity index (χ2v) is 9.16. The molecule has 2 heterocycles. The summed E-state index contributed by atoms with van der Waals surface area (Å²) in [5.41, 5.74) is 18.0. The van der Waals surface area contributed by atoms with Crippen molar-refractivity contribution in [2.24, 2.45) is 23.1 Å². The summed E-state index contributed by atoms with van der Waals surface area (Å²) in [4.78, 5) is 0. The fourth-order valence-corrected chi connectivity index (χ4v) is 4.56. The molecule has 0 aromatic heterocycles. The minimum absolute atomic E-state index is 0. The van der Waals surface area contributed by atoms with Gasteiger partial charge in [0.15, 0.2) is 12.6 Å². The quantitative estimate of drug-likeness (QED) is 0.166. The topological polar surface area (TPSA) is 236 Å². The lowest BCUT2D eigenvalue weighted by molar-refractivity contribution is -0.312. The van der Waals surface area contributed by atoms with Gasteiger partial charge in [-0.25, -0.2) is 0 Å². The number of aliphatic hydroxyl groups is 6. The van der Waals surface area contributed by atoms with Crippen LogP contribution in [0.4, 0.5) is 0 Å². The number of hydrogen-bond donors (Lipinski definition) is 9. The molecule has 3 fully saturated rings. The zero-order valence-corrected chi connectivity index (χ0v) is 19.6. The summed E-state index contributed by atoms with van der Waals surface area (Å²) < 4.78 is 22.9. The van der Waals surface area contributed by atoms with Crippen molar-refractivity contribution in [1.82, 2.24) is 0 Å². The average Bonchev–Trinajstić information content (AvgIpc) is 3.03. The molecule has 5 unspecified atom stereocenters. The van der Waals surface area contributed by atoms with Crippen molar-refractivity contribution >= 4 is 13.5 Å². The van der Waals surface area contributed by atoms with Crippen LogP contribution in [0.2, 0.25) is 0 Å². The van der Waals surface area contributed by atoms with Crippen LogP contribution in [0.25, 0.3) is 0 Å². The molecule has 2 aliphatic heterocycles. The highest BCUT2D eigenvalue weighted by Gasteiger charge is 2.52. The fraction of sp³-hybridized carbons (Fsp3) is 1.00. The van der Waals surface area contributed by atoms with Gasteiger partial charge < -0.3 is 66.8 Å². The predicted molar refractivity (Wildman–Crippen MR) is 118 cm³/mol. The maximum absolute atomic E-state index is 10.8. The van der Waals surface area contributed by atoms with Crippen LogP contribution < -0.4 is 17.2 Å². The molecule has 13 nitrogen and oxygen atoms in total. The van der Waals surface area contributed by atoms with Gasteiger partial charge in [0.25, 0.3) is 0 Å². The standard InChI is InChI=1S/C19H37N3O10.H2S/c1-5-3-7(21)16(31-18-9(22)12(26)11(25)8(4-23)29-18)17(10(5)24)32-19-14(28)13(27)15(30-19)6(2)20;/h5-19,23-28H,3-4,20-22H2,1-2H3;1H2/t5-,6+,7?,8?,9?,10?,11-,12-,13-,14?,15-,16-,17-,18-,19+;/m1./s1. The van der Waals surface area contributed by atoms with Gasteiger partial charge in [-0.15, -0.1) is 0 Å². The van der Waals surface area contributed by atoms with Gasteiger partial charge >= 0.3 is 0 Å². The third kappa shape index (κ3) is 5.81. The Morgan fingerprint density at radius 1 is 0.879 bits per heavy atom. The summed E-state index contributed by atoms with van der Waals surface area (Å²) in [7, 11) is 0. The molecule has 14 heteroatoms. The smallest absolute Gasteiger partial charge is 0.187 e. The summed E-state index contributed by atoms with van der Waals surface area (Å²) in [6.45, 7) is 2.80. The molecule has 0 aromatic carbocycles. The summed E-state index contributed by atoms with van der Waals surface area (Å²) in [6, 6.07) is -2.41. The summed E-state index contributed by atoms with van der Waals surface area (Å²) in [5, 5.41) is 61.0. The van der Waals surface area contributed by atoms with E-state index in [0.29, 0.717) is 6.42 Å². The van der Waals surface area contributed by atoms with Crippen LogP contribution >= 0.6 is 13.5 Å². The van der Waals surface area contributed by atoms with Crippen LogP contribution in [0.3, 0.4) is 0 Å². The van der Waals surface area contributed by atoms with Gasteiger partial charge in [0.2, 0.25) is 0 Å². The Morgan fingerprint density at radius 3 is 2.03 bits per heavy atom. The molecule has 1 aliphatic carbocycles. The summed E-state index contributed by atoms with van der Waals surface area (Å²) in [5.74, 6) is -0.291. The monoisotopic (exact) mass is 501 g/mol. The molecule has 0 bridgehead atoms. The van der Waals surface area contributed by atoms with Crippen molar-refractivity contribution < 1.29 is 49.6 Å². The number of rotatable bonds is 6. The van der Waals surface area contributed by atoms with E-state index >= 15 is 0 Å². The highest BCUT2D eigenvalue weighted by atomic mass is 32.1. The van der Waals surface area contributed by atoms with Crippen molar-refractivity contribution in [3.05, 3.63) is 0 Å². The van der Waals surface area contributed by atoms with E-state index in [1.165, 1.54) is 0 Å². The minimum atomic E-state index is -1.43. The van der Waals surface area contributed by atoms with Crippen molar-refractivity contribution in [3.8, 4) is 0 Å². The van der Waals surface area contributed by atoms with E-state index in [1.807, 2.05) is 0 Å². The van der Waals surface area contributed by atoms with Crippen LogP contribution in [-0.2, 0) is 18.9 Å². The zero-order chi connectivity index (χ0) is 23.9. The molecule has 3 rings (SSSR count). The molecule has 12 N–H and O–H groups in total. The van der Waals surface area contributed by atoms with Crippen LogP contribution in [0.1, 0.15) is 20.3 Å². The van der Waals surface area contributed by atoms with E-state index in [9.17, 15) is 30.6 Å². The molecule has 0 spiro atoms. The number of nitrogens with two attached hydrogens (primary N) is 3. The van der Waals surface area contributed by atoms with Gasteiger partial charge in [-0.2, -0.15) is 13.5 Å². The third-order valence-electron chi connectivity index (χ3n) is 6.60. The molecular weight excluding hydrogens is 462 g/mol. The summed E-state index contributed by atoms with van der Waals surface area (Å²) >= 11 is 0. The first kappa shape index (κ1) is 29.1. The van der Waals surface area contributed by atoms with Crippen LogP contribution in [0, 0.1) is 5.92 Å². The van der Waals surface area contributed by atoms with Crippen molar-refractivity contribution in [2.75, 3.05) is 6.61 Å². The lowest BCUT2D eigenvalue weighted by atomic mass is 9.80. The second-order valence-electron chi connectivity index (χ2n) is 9.16. The molecule has 0 radical (unpaired) electrons. The van der Waals surface area contributed by atoms with Crippen molar-refractivity contribution in [2.45, 2.75) is 106 Å². The maximum Gasteiger partial charge on any atom is 0.187 e. The van der Waals surface area contributed by atoms with Crippen molar-refractivity contribution in [1.29, 1.82) is 0 Å². The summed E-state index contributed by atoms with van der Waals surface area (Å²) in [6.07, 6.45) is -13.0. The van der Waals surface area contributed by atoms with E-state index < -0.39 is 92.2 Å². The normalized spacial score (nSPS) is 51.7. The van der Waals surface area contributed by atoms with Gasteiger partial charge in [0, 0.05) is 12.1 Å². The molecule has 3 aliphatic rings. The lowest BCUT2D eigenvalue weighted by Gasteiger charge is -2.47. The van der Waals surface area contributed by atoms with Crippen LogP contribution in [-0.4, -0.2) is 123 Å². The number of ether oxygens (including phenoxy) is 4. The van der Waals surface area contributed by atoms with E-state index in [4.69, 9.17) is 36.1 Å². The first-order valence-corrected chi connectivity index (χ1v) is 10.9. The highest BCUT2D eigenvalue weighted by molar-refractivity contribution is 7.59. The van der Waals surface area contributed by atoms with E-state index in [-0.39, 0.29) is 19.4 Å². The van der Waals surface area contributed by atoms with Crippen LogP contribution in [0.15, 0.2) is 0 Å². The van der Waals surface area contributed by atoms with E-state index in [2.05, 4.69) is 0 Å². The molecule has 0 amide bonds. The molecule has 33 heavy (non-hydrogen) atoms. The Bertz CT molecular complexity index is 622. The van der Waals surface area contributed by atoms with Gasteiger partial charge in [-0.1, -0.05) is 6.92 Å². The SMILES string of the molecule is C[C@@H]1CC(N)[C@@H](O[C@H]2OC(CO)[C@@H](O)[C@H](O)C2N)[C@H](O[C@@H]2O[C@H]([C@H](C)N)[C@H](O)C2O)C1O.S. The van der Waals surface area contributed by atoms with Crippen LogP contribution in [0.5, 0.6) is 0 Å².